The van der Waals surface area contributed by atoms with Crippen LogP contribution in [0.5, 0.6) is 0 Å². The van der Waals surface area contributed by atoms with Crippen LogP contribution in [-0.2, 0) is 4.74 Å². The molecular formula is C16H23BrFNO. The Balaban J connectivity index is 2.03. The van der Waals surface area contributed by atoms with Gasteiger partial charge in [-0.3, -0.25) is 0 Å². The van der Waals surface area contributed by atoms with Crippen LogP contribution in [0.3, 0.4) is 0 Å². The number of halogens is 2. The molecule has 2 unspecified atom stereocenters. The van der Waals surface area contributed by atoms with E-state index in [0.717, 1.165) is 50.8 Å². The van der Waals surface area contributed by atoms with Gasteiger partial charge in [-0.15, -0.1) is 0 Å². The van der Waals surface area contributed by atoms with Crippen molar-refractivity contribution in [1.82, 2.24) is 5.32 Å². The van der Waals surface area contributed by atoms with E-state index in [-0.39, 0.29) is 11.9 Å². The SMILES string of the molecule is CCCNC(CCC1CCCO1)c1cccc(Br)c1F. The van der Waals surface area contributed by atoms with Crippen molar-refractivity contribution in [2.75, 3.05) is 13.2 Å². The average Bonchev–Trinajstić information content (AvgIpc) is 2.96. The molecule has 0 bridgehead atoms. The molecule has 2 atom stereocenters. The maximum Gasteiger partial charge on any atom is 0.142 e. The van der Waals surface area contributed by atoms with Gasteiger partial charge in [0.1, 0.15) is 5.82 Å². The molecular weight excluding hydrogens is 321 g/mol. The smallest absolute Gasteiger partial charge is 0.142 e. The topological polar surface area (TPSA) is 21.3 Å². The van der Waals surface area contributed by atoms with Gasteiger partial charge in [-0.25, -0.2) is 4.39 Å². The van der Waals surface area contributed by atoms with E-state index in [9.17, 15) is 4.39 Å². The van der Waals surface area contributed by atoms with Gasteiger partial charge in [0.2, 0.25) is 0 Å². The predicted molar refractivity (Wildman–Crippen MR) is 83.3 cm³/mol. The minimum Gasteiger partial charge on any atom is -0.378 e. The van der Waals surface area contributed by atoms with Crippen LogP contribution in [-0.4, -0.2) is 19.3 Å². The largest absolute Gasteiger partial charge is 0.378 e. The molecule has 1 aromatic rings. The highest BCUT2D eigenvalue weighted by Gasteiger charge is 2.21. The van der Waals surface area contributed by atoms with Crippen LogP contribution in [0.1, 0.15) is 50.6 Å². The Kier molecular flexibility index (Phi) is 6.46. The minimum atomic E-state index is -0.145. The fourth-order valence-corrected chi connectivity index (χ4v) is 3.08. The highest BCUT2D eigenvalue weighted by Crippen LogP contribution is 2.28. The number of benzene rings is 1. The number of nitrogens with one attached hydrogen (secondary N) is 1. The highest BCUT2D eigenvalue weighted by molar-refractivity contribution is 9.10. The molecule has 112 valence electrons. The lowest BCUT2D eigenvalue weighted by Crippen LogP contribution is -2.24. The van der Waals surface area contributed by atoms with E-state index < -0.39 is 0 Å². The molecule has 0 radical (unpaired) electrons. The van der Waals surface area contributed by atoms with Crippen molar-refractivity contribution in [3.8, 4) is 0 Å². The van der Waals surface area contributed by atoms with Gasteiger partial charge in [0, 0.05) is 18.2 Å². The summed E-state index contributed by atoms with van der Waals surface area (Å²) in [4.78, 5) is 0. The maximum absolute atomic E-state index is 14.3. The second-order valence-electron chi connectivity index (χ2n) is 5.36. The van der Waals surface area contributed by atoms with Gasteiger partial charge in [0.15, 0.2) is 0 Å². The van der Waals surface area contributed by atoms with Crippen molar-refractivity contribution < 1.29 is 9.13 Å². The van der Waals surface area contributed by atoms with E-state index in [1.807, 2.05) is 12.1 Å². The van der Waals surface area contributed by atoms with E-state index in [1.165, 1.54) is 0 Å². The van der Waals surface area contributed by atoms with Crippen molar-refractivity contribution in [1.29, 1.82) is 0 Å². The van der Waals surface area contributed by atoms with E-state index in [1.54, 1.807) is 6.07 Å². The molecule has 20 heavy (non-hydrogen) atoms. The second-order valence-corrected chi connectivity index (χ2v) is 6.22. The Morgan fingerprint density at radius 2 is 2.35 bits per heavy atom. The summed E-state index contributed by atoms with van der Waals surface area (Å²) < 4.78 is 20.5. The minimum absolute atomic E-state index is 0.0663. The Morgan fingerprint density at radius 3 is 3.05 bits per heavy atom. The molecule has 2 rings (SSSR count). The average molecular weight is 344 g/mol. The van der Waals surface area contributed by atoms with Gasteiger partial charge in [0.25, 0.3) is 0 Å². The molecule has 1 aromatic carbocycles. The molecule has 1 aliphatic rings. The van der Waals surface area contributed by atoms with Crippen molar-refractivity contribution in [3.63, 3.8) is 0 Å². The third-order valence-corrected chi connectivity index (χ3v) is 4.41. The van der Waals surface area contributed by atoms with Crippen LogP contribution >= 0.6 is 15.9 Å². The highest BCUT2D eigenvalue weighted by atomic mass is 79.9. The third-order valence-electron chi connectivity index (χ3n) is 3.80. The van der Waals surface area contributed by atoms with Gasteiger partial charge in [0.05, 0.1) is 10.6 Å². The molecule has 0 amide bonds. The van der Waals surface area contributed by atoms with Gasteiger partial charge >= 0.3 is 0 Å². The lowest BCUT2D eigenvalue weighted by atomic mass is 9.98. The van der Waals surface area contributed by atoms with Crippen LogP contribution in [0, 0.1) is 5.82 Å². The van der Waals surface area contributed by atoms with Crippen LogP contribution in [0.15, 0.2) is 22.7 Å². The van der Waals surface area contributed by atoms with E-state index in [0.29, 0.717) is 10.6 Å². The first kappa shape index (κ1) is 15.9. The number of hydrogen-bond acceptors (Lipinski definition) is 2. The van der Waals surface area contributed by atoms with Crippen LogP contribution < -0.4 is 5.32 Å². The summed E-state index contributed by atoms with van der Waals surface area (Å²) in [5.41, 5.74) is 0.755. The van der Waals surface area contributed by atoms with Gasteiger partial charge in [-0.1, -0.05) is 19.1 Å². The molecule has 1 heterocycles. The molecule has 0 aromatic heterocycles. The quantitative estimate of drug-likeness (QED) is 0.781. The lowest BCUT2D eigenvalue weighted by Gasteiger charge is -2.21. The second kappa shape index (κ2) is 8.11. The fourth-order valence-electron chi connectivity index (χ4n) is 2.70. The summed E-state index contributed by atoms with van der Waals surface area (Å²) >= 11 is 3.27. The number of rotatable bonds is 7. The first-order chi connectivity index (χ1) is 9.72. The first-order valence-electron chi connectivity index (χ1n) is 7.51. The fraction of sp³-hybridized carbons (Fsp3) is 0.625. The summed E-state index contributed by atoms with van der Waals surface area (Å²) in [5, 5.41) is 3.46. The van der Waals surface area contributed by atoms with Gasteiger partial charge in [-0.05, 0) is 60.6 Å². The molecule has 1 aliphatic heterocycles. The Bertz CT molecular complexity index is 421. The molecule has 2 nitrogen and oxygen atoms in total. The molecule has 1 saturated heterocycles. The van der Waals surface area contributed by atoms with Gasteiger partial charge in [-0.2, -0.15) is 0 Å². The first-order valence-corrected chi connectivity index (χ1v) is 8.30. The Hall–Kier alpha value is -0.450. The lowest BCUT2D eigenvalue weighted by molar-refractivity contribution is 0.0994. The Labute approximate surface area is 129 Å². The maximum atomic E-state index is 14.3. The van der Waals surface area contributed by atoms with Crippen molar-refractivity contribution in [2.45, 2.75) is 51.2 Å². The van der Waals surface area contributed by atoms with Crippen LogP contribution in [0.4, 0.5) is 4.39 Å². The molecule has 1 fully saturated rings. The van der Waals surface area contributed by atoms with Crippen molar-refractivity contribution >= 4 is 15.9 Å². The molecule has 0 saturated carbocycles. The monoisotopic (exact) mass is 343 g/mol. The number of hydrogen-bond donors (Lipinski definition) is 1. The standard InChI is InChI=1S/C16H23BrFNO/c1-2-10-19-15(9-8-12-5-4-11-20-12)13-6-3-7-14(17)16(13)18/h3,6-7,12,15,19H,2,4-5,8-11H2,1H3. The predicted octanol–water partition coefficient (Wildman–Crippen LogP) is 4.59. The van der Waals surface area contributed by atoms with E-state index in [2.05, 4.69) is 28.2 Å². The van der Waals surface area contributed by atoms with Crippen molar-refractivity contribution in [2.24, 2.45) is 0 Å². The van der Waals surface area contributed by atoms with Crippen molar-refractivity contribution in [3.05, 3.63) is 34.1 Å². The summed E-state index contributed by atoms with van der Waals surface area (Å²) in [6, 6.07) is 5.59. The molecule has 0 aliphatic carbocycles. The molecule has 4 heteroatoms. The summed E-state index contributed by atoms with van der Waals surface area (Å²) in [6.07, 6.45) is 5.61. The van der Waals surface area contributed by atoms with E-state index >= 15 is 0 Å². The normalized spacial score (nSPS) is 20.2. The number of ether oxygens (including phenoxy) is 1. The molecule has 0 spiro atoms. The summed E-state index contributed by atoms with van der Waals surface area (Å²) in [6.45, 7) is 3.91. The van der Waals surface area contributed by atoms with E-state index in [4.69, 9.17) is 4.74 Å². The summed E-state index contributed by atoms with van der Waals surface area (Å²) in [5.74, 6) is -0.145. The molecule has 1 N–H and O–H groups in total. The Morgan fingerprint density at radius 1 is 1.50 bits per heavy atom. The zero-order valence-electron chi connectivity index (χ0n) is 12.0. The summed E-state index contributed by atoms with van der Waals surface area (Å²) in [7, 11) is 0. The zero-order valence-corrected chi connectivity index (χ0v) is 13.6. The van der Waals surface area contributed by atoms with Crippen LogP contribution in [0.2, 0.25) is 0 Å². The van der Waals surface area contributed by atoms with Crippen LogP contribution in [0.25, 0.3) is 0 Å². The van der Waals surface area contributed by atoms with Gasteiger partial charge < -0.3 is 10.1 Å². The third kappa shape index (κ3) is 4.27. The zero-order chi connectivity index (χ0) is 14.4.